The lowest BCUT2D eigenvalue weighted by molar-refractivity contribution is 0.149. The van der Waals surface area contributed by atoms with Crippen LogP contribution in [0, 0.1) is 11.3 Å². The third-order valence-electron chi connectivity index (χ3n) is 1.80. The van der Waals surface area contributed by atoms with E-state index in [1.807, 2.05) is 0 Å². The van der Waals surface area contributed by atoms with Gasteiger partial charge in [-0.2, -0.15) is 5.26 Å². The van der Waals surface area contributed by atoms with E-state index >= 15 is 0 Å². The minimum Gasteiger partial charge on any atom is -0.480 e. The molecule has 1 aromatic heterocycles. The third-order valence-corrected chi connectivity index (χ3v) is 1.80. The molecule has 1 aromatic rings. The van der Waals surface area contributed by atoms with Crippen LogP contribution in [-0.2, 0) is 6.42 Å². The van der Waals surface area contributed by atoms with Crippen LogP contribution in [0.3, 0.4) is 0 Å². The number of pyridine rings is 1. The average Bonchev–Trinajstić information content (AvgIpc) is 2.20. The van der Waals surface area contributed by atoms with E-state index in [1.54, 1.807) is 6.07 Å². The van der Waals surface area contributed by atoms with Crippen LogP contribution in [0.25, 0.3) is 0 Å². The molecule has 0 aliphatic rings. The number of rotatable bonds is 3. The SMILES string of the molecule is COc1nc(CC#N)c(C(F)F)cc1N. The molecule has 15 heavy (non-hydrogen) atoms. The number of alkyl halides is 2. The summed E-state index contributed by atoms with van der Waals surface area (Å²) in [5, 5.41) is 8.45. The van der Waals surface area contributed by atoms with Gasteiger partial charge in [0.15, 0.2) is 0 Å². The number of hydrogen-bond acceptors (Lipinski definition) is 4. The molecule has 0 radical (unpaired) electrons. The molecule has 0 bridgehead atoms. The monoisotopic (exact) mass is 213 g/mol. The van der Waals surface area contributed by atoms with Crippen molar-refractivity contribution in [3.63, 3.8) is 0 Å². The number of nitrogen functional groups attached to an aromatic ring is 1. The van der Waals surface area contributed by atoms with Crippen LogP contribution < -0.4 is 10.5 Å². The van der Waals surface area contributed by atoms with Gasteiger partial charge in [0.1, 0.15) is 0 Å². The van der Waals surface area contributed by atoms with Crippen LogP contribution in [0.15, 0.2) is 6.07 Å². The van der Waals surface area contributed by atoms with Crippen molar-refractivity contribution in [2.75, 3.05) is 12.8 Å². The molecular formula is C9H9F2N3O. The highest BCUT2D eigenvalue weighted by molar-refractivity contribution is 5.52. The van der Waals surface area contributed by atoms with E-state index in [4.69, 9.17) is 15.7 Å². The summed E-state index contributed by atoms with van der Waals surface area (Å²) in [6, 6.07) is 2.84. The number of halogens is 2. The number of nitrogens with zero attached hydrogens (tertiary/aromatic N) is 2. The second kappa shape index (κ2) is 4.55. The maximum atomic E-state index is 12.5. The average molecular weight is 213 g/mol. The molecule has 6 heteroatoms. The van der Waals surface area contributed by atoms with Gasteiger partial charge >= 0.3 is 0 Å². The van der Waals surface area contributed by atoms with E-state index in [1.165, 1.54) is 7.11 Å². The van der Waals surface area contributed by atoms with E-state index in [2.05, 4.69) is 4.98 Å². The molecule has 0 fully saturated rings. The molecule has 80 valence electrons. The normalized spacial score (nSPS) is 10.1. The van der Waals surface area contributed by atoms with Gasteiger partial charge in [0.2, 0.25) is 5.88 Å². The third kappa shape index (κ3) is 2.31. The minimum atomic E-state index is -2.70. The molecule has 0 aliphatic heterocycles. The fraction of sp³-hybridized carbons (Fsp3) is 0.333. The number of anilines is 1. The highest BCUT2D eigenvalue weighted by Gasteiger charge is 2.17. The van der Waals surface area contributed by atoms with Crippen molar-refractivity contribution in [2.24, 2.45) is 0 Å². The molecule has 0 saturated carbocycles. The van der Waals surface area contributed by atoms with Gasteiger partial charge in [-0.3, -0.25) is 0 Å². The summed E-state index contributed by atoms with van der Waals surface area (Å²) in [6.45, 7) is 0. The van der Waals surface area contributed by atoms with Crippen molar-refractivity contribution in [3.05, 3.63) is 17.3 Å². The van der Waals surface area contributed by atoms with Gasteiger partial charge in [-0.25, -0.2) is 13.8 Å². The molecule has 0 spiro atoms. The van der Waals surface area contributed by atoms with E-state index < -0.39 is 6.43 Å². The van der Waals surface area contributed by atoms with Crippen molar-refractivity contribution in [1.82, 2.24) is 4.98 Å². The topological polar surface area (TPSA) is 71.9 Å². The van der Waals surface area contributed by atoms with Gasteiger partial charge in [-0.1, -0.05) is 0 Å². The van der Waals surface area contributed by atoms with E-state index in [0.717, 1.165) is 6.07 Å². The van der Waals surface area contributed by atoms with Crippen molar-refractivity contribution >= 4 is 5.69 Å². The van der Waals surface area contributed by atoms with Crippen molar-refractivity contribution in [1.29, 1.82) is 5.26 Å². The fourth-order valence-electron chi connectivity index (χ4n) is 1.13. The second-order valence-electron chi connectivity index (χ2n) is 2.76. The zero-order valence-electron chi connectivity index (χ0n) is 8.00. The lowest BCUT2D eigenvalue weighted by Crippen LogP contribution is -2.04. The zero-order valence-corrected chi connectivity index (χ0v) is 8.00. The molecule has 0 aliphatic carbocycles. The van der Waals surface area contributed by atoms with Crippen LogP contribution in [0.2, 0.25) is 0 Å². The van der Waals surface area contributed by atoms with Crippen LogP contribution in [0.4, 0.5) is 14.5 Å². The minimum absolute atomic E-state index is 0.00134. The van der Waals surface area contributed by atoms with E-state index in [9.17, 15) is 8.78 Å². The molecule has 1 heterocycles. The van der Waals surface area contributed by atoms with Crippen LogP contribution in [0.5, 0.6) is 5.88 Å². The number of aromatic nitrogens is 1. The highest BCUT2D eigenvalue weighted by Crippen LogP contribution is 2.28. The summed E-state index contributed by atoms with van der Waals surface area (Å²) in [7, 11) is 1.33. The highest BCUT2D eigenvalue weighted by atomic mass is 19.3. The molecule has 0 aromatic carbocycles. The fourth-order valence-corrected chi connectivity index (χ4v) is 1.13. The molecule has 0 unspecified atom stereocenters. The Morgan fingerprint density at radius 1 is 1.67 bits per heavy atom. The summed E-state index contributed by atoms with van der Waals surface area (Å²) in [5.41, 5.74) is 5.14. The molecule has 0 saturated heterocycles. The summed E-state index contributed by atoms with van der Waals surface area (Å²) < 4.78 is 29.8. The van der Waals surface area contributed by atoms with Crippen LogP contribution in [-0.4, -0.2) is 12.1 Å². The predicted molar refractivity (Wildman–Crippen MR) is 49.5 cm³/mol. The van der Waals surface area contributed by atoms with Crippen molar-refractivity contribution < 1.29 is 13.5 Å². The molecule has 4 nitrogen and oxygen atoms in total. The first kappa shape index (κ1) is 11.2. The van der Waals surface area contributed by atoms with Gasteiger partial charge in [-0.05, 0) is 6.07 Å². The zero-order chi connectivity index (χ0) is 11.4. The first-order valence-electron chi connectivity index (χ1n) is 4.08. The first-order valence-corrected chi connectivity index (χ1v) is 4.08. The van der Waals surface area contributed by atoms with Crippen molar-refractivity contribution in [3.8, 4) is 11.9 Å². The Balaban J connectivity index is 3.26. The maximum absolute atomic E-state index is 12.5. The number of ether oxygens (including phenoxy) is 1. The number of methoxy groups -OCH3 is 1. The summed E-state index contributed by atoms with van der Waals surface area (Å²) in [4.78, 5) is 3.75. The predicted octanol–water partition coefficient (Wildman–Crippen LogP) is 1.68. The maximum Gasteiger partial charge on any atom is 0.265 e. The Morgan fingerprint density at radius 2 is 2.33 bits per heavy atom. The lowest BCUT2D eigenvalue weighted by atomic mass is 10.1. The van der Waals surface area contributed by atoms with Crippen LogP contribution in [0.1, 0.15) is 17.7 Å². The number of nitrogens with two attached hydrogens (primary N) is 1. The Hall–Kier alpha value is -1.90. The van der Waals surface area contributed by atoms with E-state index in [0.29, 0.717) is 0 Å². The Morgan fingerprint density at radius 3 is 2.80 bits per heavy atom. The molecule has 2 N–H and O–H groups in total. The summed E-state index contributed by atoms with van der Waals surface area (Å²) >= 11 is 0. The largest absolute Gasteiger partial charge is 0.480 e. The van der Waals surface area contributed by atoms with Crippen LogP contribution >= 0.6 is 0 Å². The van der Waals surface area contributed by atoms with Gasteiger partial charge in [0.25, 0.3) is 6.43 Å². The lowest BCUT2D eigenvalue weighted by Gasteiger charge is -2.09. The Bertz CT molecular complexity index is 401. The summed E-state index contributed by atoms with van der Waals surface area (Å²) in [5.74, 6) is 0.0599. The number of hydrogen-bond donors (Lipinski definition) is 1. The van der Waals surface area contributed by atoms with Gasteiger partial charge < -0.3 is 10.5 Å². The molecule has 0 amide bonds. The Kier molecular flexibility index (Phi) is 3.39. The van der Waals surface area contributed by atoms with Gasteiger partial charge in [0.05, 0.1) is 31.0 Å². The smallest absolute Gasteiger partial charge is 0.265 e. The Labute approximate surface area is 85.3 Å². The summed E-state index contributed by atoms with van der Waals surface area (Å²) in [6.07, 6.45) is -2.90. The molecule has 1 rings (SSSR count). The second-order valence-corrected chi connectivity index (χ2v) is 2.76. The standard InChI is InChI=1S/C9H9F2N3O/c1-15-9-6(13)4-5(8(10)11)7(14-9)2-3-12/h4,8H,2,13H2,1H3. The first-order chi connectivity index (χ1) is 7.10. The van der Waals surface area contributed by atoms with Crippen molar-refractivity contribution in [2.45, 2.75) is 12.8 Å². The quantitative estimate of drug-likeness (QED) is 0.828. The van der Waals surface area contributed by atoms with E-state index in [-0.39, 0.29) is 29.2 Å². The van der Waals surface area contributed by atoms with Gasteiger partial charge in [0, 0.05) is 5.56 Å². The van der Waals surface area contributed by atoms with Gasteiger partial charge in [-0.15, -0.1) is 0 Å². The number of nitriles is 1. The molecule has 0 atom stereocenters. The molecular weight excluding hydrogens is 204 g/mol.